The van der Waals surface area contributed by atoms with Gasteiger partial charge in [0.25, 0.3) is 5.91 Å². The molecule has 7 nitrogen and oxygen atoms in total. The number of aromatic nitrogens is 2. The second-order valence-corrected chi connectivity index (χ2v) is 9.08. The van der Waals surface area contributed by atoms with E-state index in [0.29, 0.717) is 28.8 Å². The van der Waals surface area contributed by atoms with E-state index in [-0.39, 0.29) is 11.8 Å². The number of likely N-dealkylation sites (tertiary alicyclic amines) is 2. The molecule has 1 aromatic carbocycles. The van der Waals surface area contributed by atoms with Crippen LogP contribution in [0, 0.1) is 32.6 Å². The van der Waals surface area contributed by atoms with Crippen LogP contribution in [0.15, 0.2) is 24.5 Å². The smallest absolute Gasteiger partial charge is 0.257 e. The van der Waals surface area contributed by atoms with Crippen LogP contribution in [0.25, 0.3) is 0 Å². The Balaban J connectivity index is 1.26. The van der Waals surface area contributed by atoms with Crippen LogP contribution in [0.2, 0.25) is 5.02 Å². The lowest BCUT2D eigenvalue weighted by atomic mass is 10.0. The Labute approximate surface area is 187 Å². The molecule has 2 aliphatic rings. The molecule has 31 heavy (non-hydrogen) atoms. The van der Waals surface area contributed by atoms with Gasteiger partial charge in [-0.1, -0.05) is 17.7 Å². The van der Waals surface area contributed by atoms with Crippen LogP contribution >= 0.6 is 11.6 Å². The third-order valence-electron chi connectivity index (χ3n) is 6.40. The van der Waals surface area contributed by atoms with Crippen LogP contribution in [0.1, 0.15) is 33.7 Å². The number of nitrogens with one attached hydrogen (secondary N) is 1. The van der Waals surface area contributed by atoms with E-state index in [1.807, 2.05) is 37.8 Å². The Bertz CT molecular complexity index is 977. The van der Waals surface area contributed by atoms with E-state index >= 15 is 0 Å². The zero-order chi connectivity index (χ0) is 22.1. The number of hydrogen-bond donors (Lipinski definition) is 1. The van der Waals surface area contributed by atoms with E-state index in [4.69, 9.17) is 11.6 Å². The van der Waals surface area contributed by atoms with Crippen molar-refractivity contribution in [3.63, 3.8) is 0 Å². The zero-order valence-corrected chi connectivity index (χ0v) is 18.9. The molecule has 3 heterocycles. The topological polar surface area (TPSA) is 78.4 Å². The Morgan fingerprint density at radius 2 is 1.71 bits per heavy atom. The third-order valence-corrected chi connectivity index (χ3v) is 6.81. The molecule has 2 aromatic rings. The Morgan fingerprint density at radius 1 is 1.06 bits per heavy atom. The summed E-state index contributed by atoms with van der Waals surface area (Å²) in [5.74, 6) is 0.929. The molecule has 2 atom stereocenters. The minimum atomic E-state index is -0.0104. The highest BCUT2D eigenvalue weighted by Gasteiger charge is 2.42. The minimum absolute atomic E-state index is 0.0104. The molecule has 0 radical (unpaired) electrons. The summed E-state index contributed by atoms with van der Waals surface area (Å²) >= 11 is 6.13. The van der Waals surface area contributed by atoms with E-state index in [2.05, 4.69) is 20.2 Å². The Kier molecular flexibility index (Phi) is 6.25. The van der Waals surface area contributed by atoms with Gasteiger partial charge in [0, 0.05) is 49.9 Å². The van der Waals surface area contributed by atoms with Gasteiger partial charge in [0.05, 0.1) is 17.0 Å². The van der Waals surface area contributed by atoms with Gasteiger partial charge >= 0.3 is 0 Å². The van der Waals surface area contributed by atoms with Crippen molar-refractivity contribution in [3.05, 3.63) is 52.1 Å². The molecule has 8 heteroatoms. The molecule has 2 saturated heterocycles. The van der Waals surface area contributed by atoms with Crippen molar-refractivity contribution in [2.45, 2.75) is 27.2 Å². The van der Waals surface area contributed by atoms with Gasteiger partial charge in [0.1, 0.15) is 6.33 Å². The fourth-order valence-electron chi connectivity index (χ4n) is 4.65. The highest BCUT2D eigenvalue weighted by atomic mass is 35.5. The monoisotopic (exact) mass is 441 g/mol. The van der Waals surface area contributed by atoms with E-state index in [9.17, 15) is 9.59 Å². The van der Waals surface area contributed by atoms with Crippen LogP contribution in [0.3, 0.4) is 0 Å². The minimum Gasteiger partial charge on any atom is -0.338 e. The van der Waals surface area contributed by atoms with Crippen LogP contribution in [0.5, 0.6) is 0 Å². The number of carbonyl (C=O) groups is 2. The molecule has 0 bridgehead atoms. The largest absolute Gasteiger partial charge is 0.338 e. The number of halogens is 1. The van der Waals surface area contributed by atoms with Crippen LogP contribution in [-0.2, 0) is 4.79 Å². The maximum absolute atomic E-state index is 13.0. The Hall–Kier alpha value is -2.51. The normalized spacial score (nSPS) is 20.7. The molecule has 4 rings (SSSR count). The van der Waals surface area contributed by atoms with Crippen molar-refractivity contribution in [2.24, 2.45) is 11.8 Å². The highest BCUT2D eigenvalue weighted by molar-refractivity contribution is 6.31. The zero-order valence-electron chi connectivity index (χ0n) is 18.2. The van der Waals surface area contributed by atoms with Crippen molar-refractivity contribution in [1.29, 1.82) is 0 Å². The lowest BCUT2D eigenvalue weighted by Crippen LogP contribution is -2.35. The molecular formula is C23H28ClN5O2. The van der Waals surface area contributed by atoms with E-state index < -0.39 is 0 Å². The number of hydrogen-bond acceptors (Lipinski definition) is 5. The number of carbonyl (C=O) groups excluding carboxylic acids is 2. The van der Waals surface area contributed by atoms with Crippen LogP contribution < -0.4 is 5.32 Å². The summed E-state index contributed by atoms with van der Waals surface area (Å²) in [4.78, 5) is 38.0. The standard InChI is InChI=1S/C23H28ClN5O2/c1-14-4-5-19(8-20(14)24)27-21(30)6-7-28-9-17-11-29(12-18(17)10-28)23(31)22-15(2)25-13-26-16(22)3/h4-5,8,13,17-18H,6-7,9-12H2,1-3H3,(H,27,30). The number of nitrogens with zero attached hydrogens (tertiary/aromatic N) is 4. The number of benzene rings is 1. The maximum atomic E-state index is 13.0. The Morgan fingerprint density at radius 3 is 2.32 bits per heavy atom. The second kappa shape index (κ2) is 8.93. The van der Waals surface area contributed by atoms with Crippen molar-refractivity contribution < 1.29 is 9.59 Å². The lowest BCUT2D eigenvalue weighted by molar-refractivity contribution is -0.116. The summed E-state index contributed by atoms with van der Waals surface area (Å²) < 4.78 is 0. The summed E-state index contributed by atoms with van der Waals surface area (Å²) in [6.45, 7) is 9.71. The predicted octanol–water partition coefficient (Wildman–Crippen LogP) is 3.09. The number of anilines is 1. The molecule has 1 N–H and O–H groups in total. The molecule has 2 fully saturated rings. The molecule has 0 spiro atoms. The van der Waals surface area contributed by atoms with Crippen LogP contribution in [-0.4, -0.2) is 64.3 Å². The number of amides is 2. The highest BCUT2D eigenvalue weighted by Crippen LogP contribution is 2.32. The molecule has 2 amide bonds. The average Bonchev–Trinajstić information content (AvgIpc) is 3.28. The first-order chi connectivity index (χ1) is 14.8. The molecular weight excluding hydrogens is 414 g/mol. The van der Waals surface area contributed by atoms with Crippen molar-refractivity contribution >= 4 is 29.1 Å². The number of aryl methyl sites for hydroxylation is 3. The fraction of sp³-hybridized carbons (Fsp3) is 0.478. The molecule has 2 unspecified atom stereocenters. The van der Waals surface area contributed by atoms with Gasteiger partial charge in [-0.05, 0) is 50.3 Å². The van der Waals surface area contributed by atoms with E-state index in [0.717, 1.165) is 55.4 Å². The second-order valence-electron chi connectivity index (χ2n) is 8.67. The third kappa shape index (κ3) is 4.72. The van der Waals surface area contributed by atoms with Crippen molar-refractivity contribution in [3.8, 4) is 0 Å². The van der Waals surface area contributed by atoms with Gasteiger partial charge < -0.3 is 15.1 Å². The quantitative estimate of drug-likeness (QED) is 0.771. The first-order valence-electron chi connectivity index (χ1n) is 10.7. The lowest BCUT2D eigenvalue weighted by Gasteiger charge is -2.22. The molecule has 2 aliphatic heterocycles. The summed E-state index contributed by atoms with van der Waals surface area (Å²) in [7, 11) is 0. The van der Waals surface area contributed by atoms with Gasteiger partial charge in [0.15, 0.2) is 0 Å². The van der Waals surface area contributed by atoms with Gasteiger partial charge in [-0.2, -0.15) is 0 Å². The molecule has 1 aromatic heterocycles. The molecule has 0 saturated carbocycles. The van der Waals surface area contributed by atoms with Gasteiger partial charge in [-0.25, -0.2) is 9.97 Å². The summed E-state index contributed by atoms with van der Waals surface area (Å²) in [6.07, 6.45) is 1.94. The van der Waals surface area contributed by atoms with Gasteiger partial charge in [-0.15, -0.1) is 0 Å². The van der Waals surface area contributed by atoms with Gasteiger partial charge in [0.2, 0.25) is 5.91 Å². The predicted molar refractivity (Wildman–Crippen MR) is 120 cm³/mol. The molecule has 164 valence electrons. The van der Waals surface area contributed by atoms with Crippen LogP contribution in [0.4, 0.5) is 5.69 Å². The van der Waals surface area contributed by atoms with E-state index in [1.54, 1.807) is 6.07 Å². The summed E-state index contributed by atoms with van der Waals surface area (Å²) in [5, 5.41) is 3.57. The average molecular weight is 442 g/mol. The first-order valence-corrected chi connectivity index (χ1v) is 11.1. The van der Waals surface area contributed by atoms with Crippen molar-refractivity contribution in [2.75, 3.05) is 38.0 Å². The SMILES string of the molecule is Cc1ccc(NC(=O)CCN2CC3CN(C(=O)c4c(C)ncnc4C)CC3C2)cc1Cl. The van der Waals surface area contributed by atoms with Crippen molar-refractivity contribution in [1.82, 2.24) is 19.8 Å². The fourth-order valence-corrected chi connectivity index (χ4v) is 4.83. The number of fused-ring (bicyclic) bond motifs is 1. The summed E-state index contributed by atoms with van der Waals surface area (Å²) in [5.41, 5.74) is 3.81. The first kappa shape index (κ1) is 21.7. The van der Waals surface area contributed by atoms with Gasteiger partial charge in [-0.3, -0.25) is 9.59 Å². The number of rotatable bonds is 5. The van der Waals surface area contributed by atoms with E-state index in [1.165, 1.54) is 6.33 Å². The maximum Gasteiger partial charge on any atom is 0.257 e. The molecule has 0 aliphatic carbocycles. The summed E-state index contributed by atoms with van der Waals surface area (Å²) in [6, 6.07) is 5.55.